The molecule has 0 aromatic heterocycles. The Morgan fingerprint density at radius 3 is 1.89 bits per heavy atom. The van der Waals surface area contributed by atoms with Gasteiger partial charge in [0, 0.05) is 6.16 Å². The van der Waals surface area contributed by atoms with Gasteiger partial charge in [0.1, 0.15) is 5.78 Å². The quantitative estimate of drug-likeness (QED) is 0.546. The molecule has 0 aromatic carbocycles. The predicted octanol–water partition coefficient (Wildman–Crippen LogP) is 1.32. The molecule has 0 saturated carbocycles. The maximum atomic E-state index is 11.6. The van der Waals surface area contributed by atoms with Crippen LogP contribution >= 0.6 is 15.2 Å². The van der Waals surface area contributed by atoms with Gasteiger partial charge in [-0.2, -0.15) is 0 Å². The minimum atomic E-state index is -4.27. The first kappa shape index (κ1) is 17.3. The minimum absolute atomic E-state index is 0.120. The van der Waals surface area contributed by atoms with Gasteiger partial charge in [0.25, 0.3) is 0 Å². The van der Waals surface area contributed by atoms with E-state index in [-0.39, 0.29) is 19.0 Å². The topological polar surface area (TPSA) is 118 Å². The number of rotatable bonds is 6. The SMILES string of the molecule is O=P(O)(O)CCCC(N1CCCCCC1)P(=O)(O)O. The van der Waals surface area contributed by atoms with Crippen LogP contribution in [0.25, 0.3) is 0 Å². The van der Waals surface area contributed by atoms with Crippen LogP contribution in [0, 0.1) is 0 Å². The standard InChI is InChI=1S/C10H23NO6P2/c12-18(13,14)9-5-6-10(19(15,16)17)11-7-3-1-2-4-8-11/h10H,1-9H2,(H2,12,13,14)(H2,15,16,17). The average molecular weight is 315 g/mol. The highest BCUT2D eigenvalue weighted by atomic mass is 31.2. The van der Waals surface area contributed by atoms with Gasteiger partial charge < -0.3 is 19.6 Å². The highest BCUT2D eigenvalue weighted by molar-refractivity contribution is 7.52. The van der Waals surface area contributed by atoms with Crippen LogP contribution < -0.4 is 0 Å². The van der Waals surface area contributed by atoms with Gasteiger partial charge in [0.2, 0.25) is 0 Å². The molecule has 1 aliphatic heterocycles. The molecule has 1 unspecified atom stereocenters. The second-order valence-corrected chi connectivity index (χ2v) is 8.60. The maximum Gasteiger partial charge on any atom is 0.342 e. The van der Waals surface area contributed by atoms with Crippen LogP contribution in [-0.4, -0.2) is 49.5 Å². The maximum absolute atomic E-state index is 11.6. The lowest BCUT2D eigenvalue weighted by Gasteiger charge is -2.31. The molecule has 19 heavy (non-hydrogen) atoms. The van der Waals surface area contributed by atoms with Crippen molar-refractivity contribution in [3.63, 3.8) is 0 Å². The van der Waals surface area contributed by atoms with Crippen LogP contribution in [0.15, 0.2) is 0 Å². The van der Waals surface area contributed by atoms with E-state index in [4.69, 9.17) is 9.79 Å². The summed E-state index contributed by atoms with van der Waals surface area (Å²) < 4.78 is 22.3. The van der Waals surface area contributed by atoms with E-state index < -0.39 is 21.0 Å². The van der Waals surface area contributed by atoms with Gasteiger partial charge >= 0.3 is 15.2 Å². The fourth-order valence-corrected chi connectivity index (χ4v) is 4.21. The van der Waals surface area contributed by atoms with E-state index in [1.165, 1.54) is 0 Å². The molecule has 7 nitrogen and oxygen atoms in total. The van der Waals surface area contributed by atoms with Crippen molar-refractivity contribution in [2.24, 2.45) is 0 Å². The molecule has 4 N–H and O–H groups in total. The number of likely N-dealkylation sites (tertiary alicyclic amines) is 1. The van der Waals surface area contributed by atoms with Crippen molar-refractivity contribution in [3.8, 4) is 0 Å². The lowest BCUT2D eigenvalue weighted by atomic mass is 10.2. The molecule has 114 valence electrons. The van der Waals surface area contributed by atoms with Gasteiger partial charge in [-0.25, -0.2) is 0 Å². The van der Waals surface area contributed by atoms with E-state index in [9.17, 15) is 18.9 Å². The van der Waals surface area contributed by atoms with Crippen molar-refractivity contribution in [2.45, 2.75) is 44.3 Å². The summed E-state index contributed by atoms with van der Waals surface area (Å²) in [5.74, 6) is -0.905. The minimum Gasteiger partial charge on any atom is -0.324 e. The number of hydrogen-bond acceptors (Lipinski definition) is 3. The third-order valence-corrected chi connectivity index (χ3v) is 5.62. The molecular formula is C10H23NO6P2. The Bertz CT molecular complexity index is 357. The highest BCUT2D eigenvalue weighted by Gasteiger charge is 2.34. The molecule has 1 rings (SSSR count). The molecule has 0 aliphatic carbocycles. The smallest absolute Gasteiger partial charge is 0.324 e. The second-order valence-electron chi connectivity index (χ2n) is 5.05. The van der Waals surface area contributed by atoms with Crippen LogP contribution in [0.3, 0.4) is 0 Å². The molecule has 9 heteroatoms. The summed E-state index contributed by atoms with van der Waals surface area (Å²) in [5, 5.41) is 0. The third-order valence-electron chi connectivity index (χ3n) is 3.36. The fraction of sp³-hybridized carbons (Fsp3) is 1.00. The Labute approximate surface area is 113 Å². The van der Waals surface area contributed by atoms with Crippen molar-refractivity contribution in [1.82, 2.24) is 4.90 Å². The van der Waals surface area contributed by atoms with Gasteiger partial charge in [-0.05, 0) is 38.8 Å². The summed E-state index contributed by atoms with van der Waals surface area (Å²) in [7, 11) is -8.37. The molecular weight excluding hydrogens is 292 g/mol. The Hall–Kier alpha value is 0.260. The largest absolute Gasteiger partial charge is 0.342 e. The molecule has 0 bridgehead atoms. The van der Waals surface area contributed by atoms with Crippen LogP contribution in [0.4, 0.5) is 0 Å². The van der Waals surface area contributed by atoms with E-state index >= 15 is 0 Å². The van der Waals surface area contributed by atoms with E-state index in [0.717, 1.165) is 25.7 Å². The van der Waals surface area contributed by atoms with Crippen LogP contribution in [0.5, 0.6) is 0 Å². The zero-order chi connectivity index (χ0) is 14.5. The zero-order valence-corrected chi connectivity index (χ0v) is 12.7. The van der Waals surface area contributed by atoms with E-state index in [2.05, 4.69) is 0 Å². The molecule has 0 aromatic rings. The van der Waals surface area contributed by atoms with Crippen LogP contribution in [-0.2, 0) is 9.13 Å². The first-order valence-corrected chi connectivity index (χ1v) is 10.0. The van der Waals surface area contributed by atoms with E-state index in [0.29, 0.717) is 13.1 Å². The van der Waals surface area contributed by atoms with Crippen molar-refractivity contribution in [3.05, 3.63) is 0 Å². The molecule has 1 atom stereocenters. The highest BCUT2D eigenvalue weighted by Crippen LogP contribution is 2.47. The van der Waals surface area contributed by atoms with Gasteiger partial charge in [-0.15, -0.1) is 0 Å². The second kappa shape index (κ2) is 7.32. The molecule has 1 heterocycles. The first-order chi connectivity index (χ1) is 8.70. The van der Waals surface area contributed by atoms with E-state index in [1.807, 2.05) is 0 Å². The summed E-state index contributed by atoms with van der Waals surface area (Å²) >= 11 is 0. The lowest BCUT2D eigenvalue weighted by molar-refractivity contribution is 0.210. The Morgan fingerprint density at radius 1 is 0.947 bits per heavy atom. The summed E-state index contributed by atoms with van der Waals surface area (Å²) in [4.78, 5) is 38.2. The lowest BCUT2D eigenvalue weighted by Crippen LogP contribution is -2.36. The number of nitrogens with zero attached hydrogens (tertiary/aromatic N) is 1. The zero-order valence-electron chi connectivity index (χ0n) is 10.9. The average Bonchev–Trinajstić information content (AvgIpc) is 2.49. The van der Waals surface area contributed by atoms with Gasteiger partial charge in [0.05, 0.1) is 0 Å². The molecule has 0 amide bonds. The molecule has 0 radical (unpaired) electrons. The monoisotopic (exact) mass is 315 g/mol. The molecule has 1 fully saturated rings. The number of hydrogen-bond donors (Lipinski definition) is 4. The summed E-state index contributed by atoms with van der Waals surface area (Å²) in [5.41, 5.74) is 0. The van der Waals surface area contributed by atoms with Crippen molar-refractivity contribution >= 4 is 15.2 Å². The summed E-state index contributed by atoms with van der Waals surface area (Å²) in [6, 6.07) is 0. The van der Waals surface area contributed by atoms with Crippen molar-refractivity contribution < 1.29 is 28.7 Å². The summed E-state index contributed by atoms with van der Waals surface area (Å²) in [6.07, 6.45) is 3.87. The molecule has 0 spiro atoms. The Kier molecular flexibility index (Phi) is 6.67. The van der Waals surface area contributed by atoms with Gasteiger partial charge in [-0.1, -0.05) is 12.8 Å². The summed E-state index contributed by atoms with van der Waals surface area (Å²) in [6.45, 7) is 1.29. The van der Waals surface area contributed by atoms with Crippen LogP contribution in [0.1, 0.15) is 38.5 Å². The normalized spacial score (nSPS) is 21.1. The fourth-order valence-electron chi connectivity index (χ4n) is 2.44. The predicted molar refractivity (Wildman–Crippen MR) is 72.0 cm³/mol. The Balaban J connectivity index is 2.61. The van der Waals surface area contributed by atoms with Crippen LogP contribution in [0.2, 0.25) is 0 Å². The molecule has 1 saturated heterocycles. The Morgan fingerprint density at radius 2 is 1.47 bits per heavy atom. The first-order valence-electron chi connectivity index (χ1n) is 6.54. The third kappa shape index (κ3) is 7.00. The van der Waals surface area contributed by atoms with Crippen molar-refractivity contribution in [2.75, 3.05) is 19.3 Å². The van der Waals surface area contributed by atoms with Crippen molar-refractivity contribution in [1.29, 1.82) is 0 Å². The van der Waals surface area contributed by atoms with Gasteiger partial charge in [-0.3, -0.25) is 14.0 Å². The van der Waals surface area contributed by atoms with Gasteiger partial charge in [0.15, 0.2) is 0 Å². The molecule has 1 aliphatic rings. The van der Waals surface area contributed by atoms with E-state index in [1.54, 1.807) is 4.90 Å².